The van der Waals surface area contributed by atoms with Crippen molar-refractivity contribution in [3.63, 3.8) is 0 Å². The Balaban J connectivity index is 1.94. The van der Waals surface area contributed by atoms with Gasteiger partial charge in [-0.1, -0.05) is 0 Å². The fourth-order valence-electron chi connectivity index (χ4n) is 0.882. The van der Waals surface area contributed by atoms with E-state index >= 15 is 0 Å². The Labute approximate surface area is 77.1 Å². The number of ether oxygens (including phenoxy) is 1. The number of carbonyl (C=O) groups is 1. The van der Waals surface area contributed by atoms with Gasteiger partial charge in [0.15, 0.2) is 0 Å². The Morgan fingerprint density at radius 3 is 3.00 bits per heavy atom. The van der Waals surface area contributed by atoms with Gasteiger partial charge in [0.1, 0.15) is 6.61 Å². The van der Waals surface area contributed by atoms with E-state index in [0.29, 0.717) is 13.0 Å². The molecule has 0 bridgehead atoms. The van der Waals surface area contributed by atoms with E-state index in [1.165, 1.54) is 0 Å². The summed E-state index contributed by atoms with van der Waals surface area (Å²) in [5.41, 5.74) is 0. The molecule has 13 heavy (non-hydrogen) atoms. The van der Waals surface area contributed by atoms with Gasteiger partial charge in [0.05, 0.1) is 18.6 Å². The number of carbonyl (C=O) groups excluding carboxylic acids is 1. The second kappa shape index (κ2) is 5.51. The molecule has 0 unspecified atom stereocenters. The highest BCUT2D eigenvalue weighted by Gasteiger charge is 2.17. The predicted octanol–water partition coefficient (Wildman–Crippen LogP) is -0.995. The molecule has 2 N–H and O–H groups in total. The van der Waals surface area contributed by atoms with Gasteiger partial charge in [-0.25, -0.2) is 0 Å². The molecule has 0 aromatic rings. The minimum Gasteiger partial charge on any atom is -0.366 e. The van der Waals surface area contributed by atoms with Crippen LogP contribution in [0.1, 0.15) is 6.42 Å². The van der Waals surface area contributed by atoms with Crippen LogP contribution in [0.4, 0.5) is 0 Å². The monoisotopic (exact) mass is 183 g/mol. The third-order valence-electron chi connectivity index (χ3n) is 1.75. The van der Waals surface area contributed by atoms with Crippen LogP contribution in [-0.4, -0.2) is 38.3 Å². The van der Waals surface area contributed by atoms with Gasteiger partial charge in [-0.2, -0.15) is 5.26 Å². The third kappa shape index (κ3) is 3.87. The van der Waals surface area contributed by atoms with Crippen molar-refractivity contribution in [1.29, 1.82) is 5.26 Å². The molecule has 0 saturated carbocycles. The van der Waals surface area contributed by atoms with Crippen molar-refractivity contribution in [2.24, 2.45) is 0 Å². The van der Waals surface area contributed by atoms with Gasteiger partial charge in [-0.15, -0.1) is 0 Å². The van der Waals surface area contributed by atoms with Crippen LogP contribution in [0.2, 0.25) is 0 Å². The molecular weight excluding hydrogens is 170 g/mol. The molecule has 0 aromatic carbocycles. The van der Waals surface area contributed by atoms with Crippen molar-refractivity contribution >= 4 is 5.91 Å². The fraction of sp³-hybridized carbons (Fsp3) is 0.750. The minimum absolute atomic E-state index is 0.0950. The summed E-state index contributed by atoms with van der Waals surface area (Å²) in [6.07, 6.45) is 0.526. The first-order valence-electron chi connectivity index (χ1n) is 4.29. The summed E-state index contributed by atoms with van der Waals surface area (Å²) in [5.74, 6) is -0.151. The van der Waals surface area contributed by atoms with E-state index in [9.17, 15) is 4.79 Å². The van der Waals surface area contributed by atoms with Crippen LogP contribution in [-0.2, 0) is 9.53 Å². The highest BCUT2D eigenvalue weighted by Crippen LogP contribution is 1.96. The van der Waals surface area contributed by atoms with Crippen LogP contribution in [0, 0.1) is 11.3 Å². The van der Waals surface area contributed by atoms with E-state index in [-0.39, 0.29) is 18.6 Å². The number of rotatable bonds is 5. The molecule has 1 aliphatic heterocycles. The number of hydrogen-bond acceptors (Lipinski definition) is 4. The van der Waals surface area contributed by atoms with Crippen molar-refractivity contribution < 1.29 is 9.53 Å². The average molecular weight is 183 g/mol. The number of nitriles is 1. The van der Waals surface area contributed by atoms with Crippen LogP contribution in [0.25, 0.3) is 0 Å². The second-order valence-corrected chi connectivity index (χ2v) is 2.85. The SMILES string of the molecule is N#CCCNC(=O)COC1CNC1. The van der Waals surface area contributed by atoms with Crippen LogP contribution in [0.3, 0.4) is 0 Å². The molecule has 72 valence electrons. The summed E-state index contributed by atoms with van der Waals surface area (Å²) in [4.78, 5) is 11.0. The predicted molar refractivity (Wildman–Crippen MR) is 45.8 cm³/mol. The maximum absolute atomic E-state index is 11.0. The van der Waals surface area contributed by atoms with Gasteiger partial charge in [0, 0.05) is 19.6 Å². The molecule has 1 aliphatic rings. The van der Waals surface area contributed by atoms with Gasteiger partial charge >= 0.3 is 0 Å². The highest BCUT2D eigenvalue weighted by molar-refractivity contribution is 5.77. The maximum Gasteiger partial charge on any atom is 0.246 e. The first kappa shape index (κ1) is 9.96. The molecule has 1 saturated heterocycles. The zero-order chi connectivity index (χ0) is 9.52. The molecule has 1 fully saturated rings. The summed E-state index contributed by atoms with van der Waals surface area (Å²) in [5, 5.41) is 13.8. The lowest BCUT2D eigenvalue weighted by atomic mass is 10.2. The number of nitrogens with one attached hydrogen (secondary N) is 2. The van der Waals surface area contributed by atoms with Crippen LogP contribution >= 0.6 is 0 Å². The normalized spacial score (nSPS) is 15.9. The zero-order valence-corrected chi connectivity index (χ0v) is 7.38. The van der Waals surface area contributed by atoms with Crippen molar-refractivity contribution in [1.82, 2.24) is 10.6 Å². The molecule has 5 nitrogen and oxygen atoms in total. The Kier molecular flexibility index (Phi) is 4.23. The molecule has 0 radical (unpaired) electrons. The van der Waals surface area contributed by atoms with Crippen LogP contribution in [0.15, 0.2) is 0 Å². The molecule has 0 spiro atoms. The van der Waals surface area contributed by atoms with Gasteiger partial charge in [-0.05, 0) is 0 Å². The molecule has 0 atom stereocenters. The van der Waals surface area contributed by atoms with Crippen LogP contribution in [0.5, 0.6) is 0 Å². The van der Waals surface area contributed by atoms with Crippen molar-refractivity contribution in [2.45, 2.75) is 12.5 Å². The van der Waals surface area contributed by atoms with Crippen LogP contribution < -0.4 is 10.6 Å². The molecular formula is C8H13N3O2. The Morgan fingerprint density at radius 1 is 1.69 bits per heavy atom. The van der Waals surface area contributed by atoms with Gasteiger partial charge in [0.25, 0.3) is 0 Å². The lowest BCUT2D eigenvalue weighted by Crippen LogP contribution is -2.49. The lowest BCUT2D eigenvalue weighted by molar-refractivity contribution is -0.128. The molecule has 0 aliphatic carbocycles. The van der Waals surface area contributed by atoms with Gasteiger partial charge in [0.2, 0.25) is 5.91 Å². The molecule has 5 heteroatoms. The highest BCUT2D eigenvalue weighted by atomic mass is 16.5. The number of nitrogens with zero attached hydrogens (tertiary/aromatic N) is 1. The van der Waals surface area contributed by atoms with Crippen molar-refractivity contribution in [3.05, 3.63) is 0 Å². The number of amides is 1. The first-order valence-corrected chi connectivity index (χ1v) is 4.29. The Morgan fingerprint density at radius 2 is 2.46 bits per heavy atom. The molecule has 1 rings (SSSR count). The zero-order valence-electron chi connectivity index (χ0n) is 7.38. The molecule has 1 heterocycles. The first-order chi connectivity index (χ1) is 6.33. The van der Waals surface area contributed by atoms with E-state index in [2.05, 4.69) is 10.6 Å². The van der Waals surface area contributed by atoms with Crippen molar-refractivity contribution in [3.8, 4) is 6.07 Å². The minimum atomic E-state index is -0.151. The van der Waals surface area contributed by atoms with E-state index in [0.717, 1.165) is 13.1 Å². The topological polar surface area (TPSA) is 74.2 Å². The average Bonchev–Trinajstić information content (AvgIpc) is 2.02. The van der Waals surface area contributed by atoms with E-state index in [1.807, 2.05) is 6.07 Å². The van der Waals surface area contributed by atoms with E-state index in [1.54, 1.807) is 0 Å². The third-order valence-corrected chi connectivity index (χ3v) is 1.75. The fourth-order valence-corrected chi connectivity index (χ4v) is 0.882. The smallest absolute Gasteiger partial charge is 0.246 e. The van der Waals surface area contributed by atoms with E-state index < -0.39 is 0 Å². The summed E-state index contributed by atoms with van der Waals surface area (Å²) >= 11 is 0. The van der Waals surface area contributed by atoms with Gasteiger partial charge < -0.3 is 15.4 Å². The molecule has 0 aromatic heterocycles. The van der Waals surface area contributed by atoms with E-state index in [4.69, 9.17) is 10.00 Å². The largest absolute Gasteiger partial charge is 0.366 e. The second-order valence-electron chi connectivity index (χ2n) is 2.85. The summed E-state index contributed by atoms with van der Waals surface area (Å²) in [6, 6.07) is 1.94. The van der Waals surface area contributed by atoms with Gasteiger partial charge in [-0.3, -0.25) is 4.79 Å². The quantitative estimate of drug-likeness (QED) is 0.536. The van der Waals surface area contributed by atoms with Crippen molar-refractivity contribution in [2.75, 3.05) is 26.2 Å². The maximum atomic E-state index is 11.0. The molecule has 1 amide bonds. The Hall–Kier alpha value is -1.12. The summed E-state index contributed by atoms with van der Waals surface area (Å²) in [6.45, 7) is 2.15. The standard InChI is InChI=1S/C8H13N3O2/c9-2-1-3-11-8(12)6-13-7-4-10-5-7/h7,10H,1,3-6H2,(H,11,12). The Bertz CT molecular complexity index is 208. The summed E-state index contributed by atoms with van der Waals surface area (Å²) in [7, 11) is 0. The lowest BCUT2D eigenvalue weighted by Gasteiger charge is -2.26. The number of hydrogen-bond donors (Lipinski definition) is 2. The summed E-state index contributed by atoms with van der Waals surface area (Å²) < 4.78 is 5.21.